The molecule has 162 valence electrons. The maximum absolute atomic E-state index is 6.15. The molecule has 0 aliphatic carbocycles. The molecule has 2 aliphatic rings. The third-order valence-electron chi connectivity index (χ3n) is 6.48. The van der Waals surface area contributed by atoms with E-state index in [0.29, 0.717) is 11.9 Å². The van der Waals surface area contributed by atoms with Crippen molar-refractivity contribution in [2.75, 3.05) is 31.1 Å². The second-order valence-corrected chi connectivity index (χ2v) is 9.67. The number of benzene rings is 1. The van der Waals surface area contributed by atoms with Crippen LogP contribution in [0.3, 0.4) is 0 Å². The van der Waals surface area contributed by atoms with Crippen molar-refractivity contribution in [3.8, 4) is 0 Å². The van der Waals surface area contributed by atoms with Crippen molar-refractivity contribution in [1.82, 2.24) is 15.1 Å². The average molecular weight is 412 g/mol. The Kier molecular flexibility index (Phi) is 5.68. The molecule has 0 spiro atoms. The van der Waals surface area contributed by atoms with Gasteiger partial charge in [-0.3, -0.25) is 4.90 Å². The van der Waals surface area contributed by atoms with Crippen LogP contribution >= 0.6 is 0 Å². The fourth-order valence-electron chi connectivity index (χ4n) is 3.70. The molecule has 2 saturated heterocycles. The summed E-state index contributed by atoms with van der Waals surface area (Å²) in [7, 11) is -0.308. The molecule has 0 atom stereocenters. The van der Waals surface area contributed by atoms with Crippen LogP contribution in [-0.4, -0.2) is 59.6 Å². The lowest BCUT2D eigenvalue weighted by atomic mass is 9.79. The van der Waals surface area contributed by atoms with Gasteiger partial charge in [-0.2, -0.15) is 0 Å². The highest BCUT2D eigenvalue weighted by atomic mass is 16.7. The van der Waals surface area contributed by atoms with E-state index in [1.165, 1.54) is 5.56 Å². The summed E-state index contributed by atoms with van der Waals surface area (Å²) in [4.78, 5) is 4.64. The zero-order chi connectivity index (χ0) is 21.5. The molecule has 8 heteroatoms. The zero-order valence-corrected chi connectivity index (χ0v) is 19.0. The van der Waals surface area contributed by atoms with Crippen molar-refractivity contribution in [1.29, 1.82) is 0 Å². The molecule has 2 fully saturated rings. The van der Waals surface area contributed by atoms with Crippen LogP contribution in [0.4, 0.5) is 6.01 Å². The second kappa shape index (κ2) is 7.98. The number of hydrogen-bond donors (Lipinski definition) is 0. The van der Waals surface area contributed by atoms with E-state index in [0.717, 1.165) is 38.2 Å². The molecule has 2 aliphatic heterocycles. The fraction of sp³-hybridized carbons (Fsp3) is 0.636. The maximum Gasteiger partial charge on any atom is 0.494 e. The number of rotatable bonds is 5. The molecule has 0 unspecified atom stereocenters. The minimum atomic E-state index is -0.315. The number of piperazine rings is 1. The van der Waals surface area contributed by atoms with E-state index in [1.807, 2.05) is 0 Å². The summed E-state index contributed by atoms with van der Waals surface area (Å²) in [5.41, 5.74) is 1.73. The van der Waals surface area contributed by atoms with Crippen molar-refractivity contribution >= 4 is 18.6 Å². The van der Waals surface area contributed by atoms with E-state index >= 15 is 0 Å². The predicted molar refractivity (Wildman–Crippen MR) is 118 cm³/mol. The summed E-state index contributed by atoms with van der Waals surface area (Å²) in [6.07, 6.45) is 0. The summed E-state index contributed by atoms with van der Waals surface area (Å²) in [5.74, 6) is 0.960. The van der Waals surface area contributed by atoms with Gasteiger partial charge in [0, 0.05) is 38.6 Å². The molecule has 7 nitrogen and oxygen atoms in total. The van der Waals surface area contributed by atoms with E-state index in [1.54, 1.807) is 0 Å². The van der Waals surface area contributed by atoms with Crippen LogP contribution < -0.4 is 10.4 Å². The van der Waals surface area contributed by atoms with Gasteiger partial charge in [-0.05, 0) is 38.7 Å². The van der Waals surface area contributed by atoms with Gasteiger partial charge in [0.15, 0.2) is 0 Å². The van der Waals surface area contributed by atoms with Crippen LogP contribution in [0.1, 0.15) is 58.9 Å². The fourth-order valence-corrected chi connectivity index (χ4v) is 3.70. The van der Waals surface area contributed by atoms with Gasteiger partial charge in [-0.15, -0.1) is 5.10 Å². The third kappa shape index (κ3) is 4.27. The van der Waals surface area contributed by atoms with Crippen LogP contribution in [0.15, 0.2) is 28.7 Å². The molecule has 1 aromatic heterocycles. The Morgan fingerprint density at radius 1 is 0.933 bits per heavy atom. The van der Waals surface area contributed by atoms with Gasteiger partial charge in [0.1, 0.15) is 0 Å². The van der Waals surface area contributed by atoms with Gasteiger partial charge < -0.3 is 18.6 Å². The number of nitrogens with zero attached hydrogens (tertiary/aromatic N) is 4. The van der Waals surface area contributed by atoms with Crippen LogP contribution in [-0.2, 0) is 15.9 Å². The molecule has 3 heterocycles. The normalized spacial score (nSPS) is 21.6. The highest BCUT2D eigenvalue weighted by Crippen LogP contribution is 2.36. The molecule has 4 rings (SSSR count). The third-order valence-corrected chi connectivity index (χ3v) is 6.48. The van der Waals surface area contributed by atoms with Crippen LogP contribution in [0.5, 0.6) is 0 Å². The van der Waals surface area contributed by atoms with Gasteiger partial charge in [-0.1, -0.05) is 43.2 Å². The Bertz CT molecular complexity index is 842. The van der Waals surface area contributed by atoms with Crippen LogP contribution in [0.25, 0.3) is 0 Å². The average Bonchev–Trinajstić information content (AvgIpc) is 3.26. The summed E-state index contributed by atoms with van der Waals surface area (Å²) >= 11 is 0. The lowest BCUT2D eigenvalue weighted by Crippen LogP contribution is -2.46. The maximum atomic E-state index is 6.15. The standard InChI is InChI=1S/C22H33BN4O3/c1-16(2)19-24-25-20(28-19)27-13-11-26(12-14-27)15-17-7-9-18(10-8-17)23-29-21(3,4)22(5,6)30-23/h7-10,16H,11-15H2,1-6H3. The SMILES string of the molecule is CC(C)c1nnc(N2CCN(Cc3ccc(B4OC(C)(C)C(C)(C)O4)cc3)CC2)o1. The topological polar surface area (TPSA) is 63.9 Å². The van der Waals surface area contributed by atoms with Gasteiger partial charge in [0.25, 0.3) is 0 Å². The molecule has 2 aromatic rings. The lowest BCUT2D eigenvalue weighted by molar-refractivity contribution is 0.00578. The lowest BCUT2D eigenvalue weighted by Gasteiger charge is -2.33. The quantitative estimate of drug-likeness (QED) is 0.700. The number of aromatic nitrogens is 2. The van der Waals surface area contributed by atoms with Gasteiger partial charge in [0.05, 0.1) is 11.2 Å². The smallest absolute Gasteiger partial charge is 0.408 e. The molecular formula is C22H33BN4O3. The predicted octanol–water partition coefficient (Wildman–Crippen LogP) is 2.81. The van der Waals surface area contributed by atoms with E-state index in [9.17, 15) is 0 Å². The Labute approximate surface area is 179 Å². The molecule has 0 amide bonds. The Hall–Kier alpha value is -1.90. The van der Waals surface area contributed by atoms with Crippen molar-refractivity contribution < 1.29 is 13.7 Å². The van der Waals surface area contributed by atoms with Gasteiger partial charge in [0.2, 0.25) is 5.89 Å². The van der Waals surface area contributed by atoms with Crippen molar-refractivity contribution in [3.05, 3.63) is 35.7 Å². The highest BCUT2D eigenvalue weighted by Gasteiger charge is 2.51. The largest absolute Gasteiger partial charge is 0.494 e. The number of hydrogen-bond acceptors (Lipinski definition) is 7. The van der Waals surface area contributed by atoms with E-state index in [-0.39, 0.29) is 24.2 Å². The first-order valence-corrected chi connectivity index (χ1v) is 10.9. The molecule has 0 bridgehead atoms. The second-order valence-electron chi connectivity index (χ2n) is 9.67. The minimum Gasteiger partial charge on any atom is -0.408 e. The minimum absolute atomic E-state index is 0.257. The van der Waals surface area contributed by atoms with Crippen molar-refractivity contribution in [2.24, 2.45) is 0 Å². The summed E-state index contributed by atoms with van der Waals surface area (Å²) in [6.45, 7) is 17.1. The summed E-state index contributed by atoms with van der Waals surface area (Å²) in [5, 5.41) is 8.35. The molecule has 30 heavy (non-hydrogen) atoms. The Morgan fingerprint density at radius 2 is 1.53 bits per heavy atom. The van der Waals surface area contributed by atoms with Gasteiger partial charge >= 0.3 is 13.1 Å². The molecule has 0 N–H and O–H groups in total. The van der Waals surface area contributed by atoms with E-state index < -0.39 is 0 Å². The Balaban J connectivity index is 1.30. The first kappa shape index (κ1) is 21.3. The zero-order valence-electron chi connectivity index (χ0n) is 19.0. The molecule has 0 saturated carbocycles. The monoisotopic (exact) mass is 412 g/mol. The van der Waals surface area contributed by atoms with Gasteiger partial charge in [-0.25, -0.2) is 0 Å². The van der Waals surface area contributed by atoms with Crippen LogP contribution in [0, 0.1) is 0 Å². The van der Waals surface area contributed by atoms with E-state index in [4.69, 9.17) is 13.7 Å². The highest BCUT2D eigenvalue weighted by molar-refractivity contribution is 6.62. The summed E-state index contributed by atoms with van der Waals surface area (Å²) in [6, 6.07) is 9.25. The first-order valence-electron chi connectivity index (χ1n) is 10.9. The number of anilines is 1. The molecular weight excluding hydrogens is 379 g/mol. The van der Waals surface area contributed by atoms with Crippen molar-refractivity contribution in [2.45, 2.75) is 65.2 Å². The Morgan fingerprint density at radius 3 is 2.07 bits per heavy atom. The van der Waals surface area contributed by atoms with Crippen molar-refractivity contribution in [3.63, 3.8) is 0 Å². The molecule has 0 radical (unpaired) electrons. The summed E-state index contributed by atoms with van der Waals surface area (Å²) < 4.78 is 18.1. The van der Waals surface area contributed by atoms with Crippen LogP contribution in [0.2, 0.25) is 0 Å². The molecule has 1 aromatic carbocycles. The first-order chi connectivity index (χ1) is 14.1. The van der Waals surface area contributed by atoms with E-state index in [2.05, 4.69) is 85.8 Å².